The van der Waals surface area contributed by atoms with Gasteiger partial charge in [-0.15, -0.1) is 0 Å². The molecule has 2 N–H and O–H groups in total. The van der Waals surface area contributed by atoms with Crippen molar-refractivity contribution >= 4 is 11.6 Å². The van der Waals surface area contributed by atoms with Crippen LogP contribution in [0, 0.1) is 0 Å². The molecule has 1 saturated heterocycles. The first-order valence-corrected chi connectivity index (χ1v) is 6.36. The van der Waals surface area contributed by atoms with Crippen LogP contribution in [-0.4, -0.2) is 30.8 Å². The van der Waals surface area contributed by atoms with Gasteiger partial charge < -0.3 is 15.4 Å². The maximum atomic E-state index is 5.90. The second-order valence-electron chi connectivity index (χ2n) is 5.09. The number of morpholine rings is 1. The molecule has 4 heteroatoms. The molecule has 0 amide bonds. The fourth-order valence-electron chi connectivity index (χ4n) is 2.40. The highest BCUT2D eigenvalue weighted by Crippen LogP contribution is 2.41. The molecule has 2 heterocycles. The predicted molar refractivity (Wildman–Crippen MR) is 68.3 cm³/mol. The number of rotatable bonds is 2. The topological polar surface area (TPSA) is 51.4 Å². The average Bonchev–Trinajstić information content (AvgIpc) is 3.12. The maximum Gasteiger partial charge on any atom is 0.131 e. The fraction of sp³-hybridized carbons (Fsp3) is 0.615. The Morgan fingerprint density at radius 1 is 1.41 bits per heavy atom. The Bertz CT molecular complexity index is 417. The zero-order valence-corrected chi connectivity index (χ0v) is 10.2. The van der Waals surface area contributed by atoms with Gasteiger partial charge in [-0.3, -0.25) is 0 Å². The molecule has 1 aliphatic carbocycles. The van der Waals surface area contributed by atoms with Gasteiger partial charge in [-0.1, -0.05) is 0 Å². The van der Waals surface area contributed by atoms with Gasteiger partial charge in [-0.25, -0.2) is 4.98 Å². The summed E-state index contributed by atoms with van der Waals surface area (Å²) in [7, 11) is 0. The second kappa shape index (κ2) is 4.18. The first-order chi connectivity index (χ1) is 8.22. The zero-order chi connectivity index (χ0) is 11.8. The molecular weight excluding hydrogens is 214 g/mol. The first-order valence-electron chi connectivity index (χ1n) is 6.36. The van der Waals surface area contributed by atoms with Crippen LogP contribution in [0.4, 0.5) is 11.6 Å². The number of nitrogen functional groups attached to an aromatic ring is 1. The fourth-order valence-corrected chi connectivity index (χ4v) is 2.40. The molecule has 1 unspecified atom stereocenters. The van der Waals surface area contributed by atoms with Crippen molar-refractivity contribution < 1.29 is 4.74 Å². The molecule has 2 fully saturated rings. The predicted octanol–water partition coefficient (Wildman–Crippen LogP) is 1.77. The summed E-state index contributed by atoms with van der Waals surface area (Å²) in [5.74, 6) is 2.38. The third kappa shape index (κ3) is 2.36. The third-order valence-corrected chi connectivity index (χ3v) is 3.47. The van der Waals surface area contributed by atoms with Gasteiger partial charge in [0.15, 0.2) is 0 Å². The first kappa shape index (κ1) is 10.8. The number of aromatic nitrogens is 1. The van der Waals surface area contributed by atoms with Crippen molar-refractivity contribution in [3.63, 3.8) is 0 Å². The standard InChI is InChI=1S/C13H19N3O/c1-9-8-16(4-5-17-9)13-7-11(10-2-3-10)6-12(14)15-13/h6-7,9-10H,2-5,8H2,1H3,(H2,14,15). The van der Waals surface area contributed by atoms with E-state index in [1.165, 1.54) is 18.4 Å². The van der Waals surface area contributed by atoms with Crippen molar-refractivity contribution in [1.29, 1.82) is 0 Å². The van der Waals surface area contributed by atoms with E-state index in [2.05, 4.69) is 22.9 Å². The molecule has 0 spiro atoms. The number of nitrogens with zero attached hydrogens (tertiary/aromatic N) is 2. The van der Waals surface area contributed by atoms with Crippen LogP contribution in [0.5, 0.6) is 0 Å². The molecule has 17 heavy (non-hydrogen) atoms. The monoisotopic (exact) mass is 233 g/mol. The maximum absolute atomic E-state index is 5.90. The largest absolute Gasteiger partial charge is 0.384 e. The molecule has 4 nitrogen and oxygen atoms in total. The quantitative estimate of drug-likeness (QED) is 0.845. The Labute approximate surface area is 102 Å². The number of hydrogen-bond donors (Lipinski definition) is 1. The van der Waals surface area contributed by atoms with Crippen molar-refractivity contribution in [2.45, 2.75) is 31.8 Å². The number of pyridine rings is 1. The summed E-state index contributed by atoms with van der Waals surface area (Å²) in [4.78, 5) is 6.72. The summed E-state index contributed by atoms with van der Waals surface area (Å²) in [6.07, 6.45) is 2.86. The van der Waals surface area contributed by atoms with Gasteiger partial charge in [0.1, 0.15) is 11.6 Å². The zero-order valence-electron chi connectivity index (χ0n) is 10.2. The van der Waals surface area contributed by atoms with Crippen molar-refractivity contribution in [2.75, 3.05) is 30.3 Å². The smallest absolute Gasteiger partial charge is 0.131 e. The molecule has 92 valence electrons. The minimum Gasteiger partial charge on any atom is -0.384 e. The van der Waals surface area contributed by atoms with E-state index in [0.29, 0.717) is 5.82 Å². The van der Waals surface area contributed by atoms with E-state index in [0.717, 1.165) is 31.4 Å². The number of anilines is 2. The molecule has 1 aliphatic heterocycles. The summed E-state index contributed by atoms with van der Waals surface area (Å²) in [5, 5.41) is 0. The van der Waals surface area contributed by atoms with Crippen LogP contribution in [0.3, 0.4) is 0 Å². The molecule has 0 radical (unpaired) electrons. The molecule has 1 saturated carbocycles. The van der Waals surface area contributed by atoms with Gasteiger partial charge in [0.2, 0.25) is 0 Å². The van der Waals surface area contributed by atoms with Crippen LogP contribution in [0.1, 0.15) is 31.2 Å². The van der Waals surface area contributed by atoms with E-state index < -0.39 is 0 Å². The number of nitrogens with two attached hydrogens (primary N) is 1. The van der Waals surface area contributed by atoms with Gasteiger partial charge in [-0.2, -0.15) is 0 Å². The van der Waals surface area contributed by atoms with Crippen molar-refractivity contribution in [2.24, 2.45) is 0 Å². The lowest BCUT2D eigenvalue weighted by atomic mass is 10.1. The number of ether oxygens (including phenoxy) is 1. The van der Waals surface area contributed by atoms with Crippen LogP contribution in [0.15, 0.2) is 12.1 Å². The lowest BCUT2D eigenvalue weighted by Gasteiger charge is -2.32. The van der Waals surface area contributed by atoms with Gasteiger partial charge in [0.05, 0.1) is 12.7 Å². The molecular formula is C13H19N3O. The summed E-state index contributed by atoms with van der Waals surface area (Å²) >= 11 is 0. The SMILES string of the molecule is CC1CN(c2cc(C3CC3)cc(N)n2)CCO1. The summed E-state index contributed by atoms with van der Waals surface area (Å²) < 4.78 is 5.55. The molecule has 0 bridgehead atoms. The normalized spacial score (nSPS) is 25.0. The van der Waals surface area contributed by atoms with Gasteiger partial charge in [0.25, 0.3) is 0 Å². The van der Waals surface area contributed by atoms with E-state index >= 15 is 0 Å². The Kier molecular flexibility index (Phi) is 2.67. The summed E-state index contributed by atoms with van der Waals surface area (Å²) in [6.45, 7) is 4.68. The average molecular weight is 233 g/mol. The van der Waals surface area contributed by atoms with Crippen LogP contribution >= 0.6 is 0 Å². The van der Waals surface area contributed by atoms with Crippen LogP contribution in [0.25, 0.3) is 0 Å². The summed E-state index contributed by atoms with van der Waals surface area (Å²) in [6, 6.07) is 4.22. The molecule has 3 rings (SSSR count). The van der Waals surface area contributed by atoms with Crippen LogP contribution in [0.2, 0.25) is 0 Å². The third-order valence-electron chi connectivity index (χ3n) is 3.47. The van der Waals surface area contributed by atoms with Crippen LogP contribution in [-0.2, 0) is 4.74 Å². The highest BCUT2D eigenvalue weighted by Gasteiger charge is 2.26. The van der Waals surface area contributed by atoms with Crippen LogP contribution < -0.4 is 10.6 Å². The summed E-state index contributed by atoms with van der Waals surface area (Å²) in [5.41, 5.74) is 7.25. The second-order valence-corrected chi connectivity index (χ2v) is 5.09. The minimum atomic E-state index is 0.274. The highest BCUT2D eigenvalue weighted by molar-refractivity contribution is 5.50. The van der Waals surface area contributed by atoms with Crippen molar-refractivity contribution in [3.05, 3.63) is 17.7 Å². The Hall–Kier alpha value is -1.29. The lowest BCUT2D eigenvalue weighted by Crippen LogP contribution is -2.41. The van der Waals surface area contributed by atoms with Gasteiger partial charge in [-0.05, 0) is 43.4 Å². The lowest BCUT2D eigenvalue weighted by molar-refractivity contribution is 0.0529. The molecule has 2 aliphatic rings. The Balaban J connectivity index is 1.85. The Morgan fingerprint density at radius 2 is 2.24 bits per heavy atom. The Morgan fingerprint density at radius 3 is 2.94 bits per heavy atom. The van der Waals surface area contributed by atoms with E-state index in [9.17, 15) is 0 Å². The van der Waals surface area contributed by atoms with Gasteiger partial charge >= 0.3 is 0 Å². The molecule has 1 atom stereocenters. The highest BCUT2D eigenvalue weighted by atomic mass is 16.5. The molecule has 1 aromatic rings. The van der Waals surface area contributed by atoms with Crippen molar-refractivity contribution in [1.82, 2.24) is 4.98 Å². The molecule has 0 aromatic carbocycles. The van der Waals surface area contributed by atoms with Crippen molar-refractivity contribution in [3.8, 4) is 0 Å². The van der Waals surface area contributed by atoms with E-state index in [1.54, 1.807) is 0 Å². The van der Waals surface area contributed by atoms with Gasteiger partial charge in [0, 0.05) is 13.1 Å². The minimum absolute atomic E-state index is 0.274. The number of hydrogen-bond acceptors (Lipinski definition) is 4. The van der Waals surface area contributed by atoms with E-state index in [-0.39, 0.29) is 6.10 Å². The van der Waals surface area contributed by atoms with E-state index in [4.69, 9.17) is 10.5 Å². The van der Waals surface area contributed by atoms with E-state index in [1.807, 2.05) is 6.07 Å². The molecule has 1 aromatic heterocycles.